The van der Waals surface area contributed by atoms with Gasteiger partial charge in [0.25, 0.3) is 0 Å². The highest BCUT2D eigenvalue weighted by Gasteiger charge is 2.11. The van der Waals surface area contributed by atoms with Crippen molar-refractivity contribution in [1.29, 1.82) is 0 Å². The maximum atomic E-state index is 12.4. The molecule has 1 aromatic heterocycles. The quantitative estimate of drug-likeness (QED) is 0.676. The van der Waals surface area contributed by atoms with E-state index in [0.717, 1.165) is 22.6 Å². The first-order valence-corrected chi connectivity index (χ1v) is 9.00. The van der Waals surface area contributed by atoms with E-state index in [-0.39, 0.29) is 5.69 Å². The van der Waals surface area contributed by atoms with Crippen LogP contribution in [0.2, 0.25) is 0 Å². The number of nitrogens with zero attached hydrogens (tertiary/aromatic N) is 2. The van der Waals surface area contributed by atoms with Gasteiger partial charge < -0.3 is 4.74 Å². The van der Waals surface area contributed by atoms with Gasteiger partial charge in [-0.2, -0.15) is 0 Å². The Bertz CT molecular complexity index is 907. The summed E-state index contributed by atoms with van der Waals surface area (Å²) >= 11 is 1.45. The number of benzene rings is 2. The summed E-state index contributed by atoms with van der Waals surface area (Å²) < 4.78 is 7.10. The lowest BCUT2D eigenvalue weighted by Gasteiger charge is -2.14. The molecule has 0 saturated heterocycles. The summed E-state index contributed by atoms with van der Waals surface area (Å²) in [4.78, 5) is 16.3. The van der Waals surface area contributed by atoms with Crippen molar-refractivity contribution < 1.29 is 4.74 Å². The number of aryl methyl sites for hydroxylation is 1. The van der Waals surface area contributed by atoms with E-state index in [2.05, 4.69) is 17.1 Å². The molecule has 5 heteroatoms. The third-order valence-corrected chi connectivity index (χ3v) is 5.07. The van der Waals surface area contributed by atoms with Crippen LogP contribution in [0.15, 0.2) is 65.6 Å². The van der Waals surface area contributed by atoms with E-state index in [9.17, 15) is 4.79 Å². The molecule has 2 aromatic carbocycles. The maximum absolute atomic E-state index is 12.4. The minimum absolute atomic E-state index is 0.239. The molecule has 0 radical (unpaired) electrons. The van der Waals surface area contributed by atoms with E-state index in [1.54, 1.807) is 17.3 Å². The highest BCUT2D eigenvalue weighted by Crippen LogP contribution is 2.24. The zero-order chi connectivity index (χ0) is 17.6. The molecule has 0 saturated carbocycles. The Labute approximate surface area is 151 Å². The fourth-order valence-corrected chi connectivity index (χ4v) is 3.67. The Hall–Kier alpha value is -2.53. The third-order valence-electron chi connectivity index (χ3n) is 4.00. The molecular formula is C20H20N2O2S. The van der Waals surface area contributed by atoms with Gasteiger partial charge in [-0.05, 0) is 36.1 Å². The molecule has 1 heterocycles. The molecule has 0 aliphatic rings. The number of para-hydroxylation sites is 1. The lowest BCUT2D eigenvalue weighted by Crippen LogP contribution is -2.23. The number of methoxy groups -OCH3 is 1. The molecule has 0 aliphatic carbocycles. The normalized spacial score (nSPS) is 10.6. The molecule has 4 nitrogen and oxygen atoms in total. The molecule has 0 spiro atoms. The van der Waals surface area contributed by atoms with E-state index < -0.39 is 0 Å². The average molecular weight is 352 g/mol. The minimum Gasteiger partial charge on any atom is -0.496 e. The van der Waals surface area contributed by atoms with Crippen LogP contribution in [0.25, 0.3) is 0 Å². The molecular weight excluding hydrogens is 332 g/mol. The van der Waals surface area contributed by atoms with Crippen molar-refractivity contribution in [3.8, 4) is 5.75 Å². The van der Waals surface area contributed by atoms with Gasteiger partial charge in [0.1, 0.15) is 5.75 Å². The van der Waals surface area contributed by atoms with Crippen molar-refractivity contribution in [3.05, 3.63) is 93.7 Å². The molecule has 3 aromatic rings. The number of hydrogen-bond donors (Lipinski definition) is 0. The molecule has 0 atom stereocenters. The average Bonchev–Trinajstić information content (AvgIpc) is 2.65. The number of aromatic nitrogens is 2. The van der Waals surface area contributed by atoms with Gasteiger partial charge in [0.15, 0.2) is 0 Å². The Morgan fingerprint density at radius 1 is 1.08 bits per heavy atom. The van der Waals surface area contributed by atoms with Crippen LogP contribution in [-0.4, -0.2) is 16.1 Å². The summed E-state index contributed by atoms with van der Waals surface area (Å²) in [5, 5.41) is 0. The van der Waals surface area contributed by atoms with E-state index in [1.807, 2.05) is 49.4 Å². The predicted octanol–water partition coefficient (Wildman–Crippen LogP) is 3.85. The lowest BCUT2D eigenvalue weighted by molar-refractivity contribution is 0.411. The summed E-state index contributed by atoms with van der Waals surface area (Å²) in [6.07, 6.45) is 2.35. The van der Waals surface area contributed by atoms with Gasteiger partial charge in [0.05, 0.1) is 7.11 Å². The molecule has 0 bridgehead atoms. The molecule has 0 amide bonds. The van der Waals surface area contributed by atoms with Gasteiger partial charge >= 0.3 is 5.69 Å². The summed E-state index contributed by atoms with van der Waals surface area (Å²) in [6, 6.07) is 18.0. The molecule has 0 aliphatic heterocycles. The predicted molar refractivity (Wildman–Crippen MR) is 102 cm³/mol. The molecule has 3 rings (SSSR count). The number of ether oxygens (including phenoxy) is 1. The van der Waals surface area contributed by atoms with E-state index >= 15 is 0 Å². The Balaban J connectivity index is 1.90. The second-order valence-electron chi connectivity index (χ2n) is 5.71. The summed E-state index contributed by atoms with van der Waals surface area (Å²) in [7, 11) is 1.66. The van der Waals surface area contributed by atoms with Crippen LogP contribution in [0.1, 0.15) is 22.4 Å². The Kier molecular flexibility index (Phi) is 5.56. The van der Waals surface area contributed by atoms with Crippen molar-refractivity contribution in [1.82, 2.24) is 8.96 Å². The highest BCUT2D eigenvalue weighted by molar-refractivity contribution is 7.97. The van der Waals surface area contributed by atoms with Crippen LogP contribution >= 0.6 is 11.9 Å². The Morgan fingerprint density at radius 2 is 1.80 bits per heavy atom. The third kappa shape index (κ3) is 4.12. The zero-order valence-electron chi connectivity index (χ0n) is 14.3. The smallest absolute Gasteiger partial charge is 0.357 e. The highest BCUT2D eigenvalue weighted by atomic mass is 32.2. The first-order valence-electron chi connectivity index (χ1n) is 8.05. The van der Waals surface area contributed by atoms with Crippen LogP contribution < -0.4 is 10.4 Å². The second-order valence-corrected chi connectivity index (χ2v) is 6.62. The van der Waals surface area contributed by atoms with Gasteiger partial charge in [0, 0.05) is 29.6 Å². The molecule has 0 N–H and O–H groups in total. The van der Waals surface area contributed by atoms with Crippen LogP contribution in [0.5, 0.6) is 5.75 Å². The van der Waals surface area contributed by atoms with E-state index in [1.165, 1.54) is 17.5 Å². The zero-order valence-corrected chi connectivity index (χ0v) is 15.1. The van der Waals surface area contributed by atoms with Crippen LogP contribution in [0.4, 0.5) is 0 Å². The van der Waals surface area contributed by atoms with Gasteiger partial charge in [-0.15, -0.1) is 0 Å². The largest absolute Gasteiger partial charge is 0.496 e. The fourth-order valence-electron chi connectivity index (χ4n) is 2.64. The monoisotopic (exact) mass is 352 g/mol. The minimum atomic E-state index is -0.239. The standard InChI is InChI=1S/C20H20N2O2S/c1-15-13-21-20(23)22(18(15)12-16-8-4-3-5-9-16)25-14-17-10-6-7-11-19(17)24-2/h3-11,13H,12,14H2,1-2H3. The van der Waals surface area contributed by atoms with Gasteiger partial charge in [-0.25, -0.2) is 13.8 Å². The fraction of sp³-hybridized carbons (Fsp3) is 0.200. The maximum Gasteiger partial charge on any atom is 0.357 e. The van der Waals surface area contributed by atoms with E-state index in [0.29, 0.717) is 12.2 Å². The van der Waals surface area contributed by atoms with Gasteiger partial charge in [0.2, 0.25) is 0 Å². The summed E-state index contributed by atoms with van der Waals surface area (Å²) in [5.74, 6) is 1.46. The van der Waals surface area contributed by atoms with Gasteiger partial charge in [-0.1, -0.05) is 48.5 Å². The van der Waals surface area contributed by atoms with Crippen LogP contribution in [0, 0.1) is 6.92 Å². The molecule has 25 heavy (non-hydrogen) atoms. The van der Waals surface area contributed by atoms with E-state index in [4.69, 9.17) is 4.74 Å². The van der Waals surface area contributed by atoms with Crippen molar-refractivity contribution >= 4 is 11.9 Å². The second kappa shape index (κ2) is 8.03. The number of hydrogen-bond acceptors (Lipinski definition) is 4. The van der Waals surface area contributed by atoms with Gasteiger partial charge in [-0.3, -0.25) is 0 Å². The first kappa shape index (κ1) is 17.3. The number of rotatable bonds is 6. The van der Waals surface area contributed by atoms with Crippen molar-refractivity contribution in [2.75, 3.05) is 7.11 Å². The van der Waals surface area contributed by atoms with Crippen LogP contribution in [-0.2, 0) is 12.2 Å². The van der Waals surface area contributed by atoms with Crippen molar-refractivity contribution in [2.45, 2.75) is 19.1 Å². The molecule has 128 valence electrons. The SMILES string of the molecule is COc1ccccc1CSn1c(Cc2ccccc2)c(C)cnc1=O. The Morgan fingerprint density at radius 3 is 2.56 bits per heavy atom. The topological polar surface area (TPSA) is 44.1 Å². The van der Waals surface area contributed by atoms with Crippen molar-refractivity contribution in [3.63, 3.8) is 0 Å². The van der Waals surface area contributed by atoms with Crippen molar-refractivity contribution in [2.24, 2.45) is 0 Å². The summed E-state index contributed by atoms with van der Waals surface area (Å²) in [5.41, 5.74) is 3.97. The lowest BCUT2D eigenvalue weighted by atomic mass is 10.1. The molecule has 0 unspecified atom stereocenters. The van der Waals surface area contributed by atoms with Crippen LogP contribution in [0.3, 0.4) is 0 Å². The first-order chi connectivity index (χ1) is 12.2. The molecule has 0 fully saturated rings. The summed E-state index contributed by atoms with van der Waals surface area (Å²) in [6.45, 7) is 1.99.